The topological polar surface area (TPSA) is 158 Å². The molecule has 3 atom stereocenters. The summed E-state index contributed by atoms with van der Waals surface area (Å²) in [4.78, 5) is 49.9. The summed E-state index contributed by atoms with van der Waals surface area (Å²) in [7, 11) is 1.66. The van der Waals surface area contributed by atoms with Gasteiger partial charge >= 0.3 is 0 Å². The summed E-state index contributed by atoms with van der Waals surface area (Å²) in [5.74, 6) is -0.875. The molecule has 3 amide bonds. The minimum Gasteiger partial charge on any atom is -0.361 e. The molecule has 0 saturated heterocycles. The Morgan fingerprint density at radius 1 is 0.722 bits per heavy atom. The highest BCUT2D eigenvalue weighted by molar-refractivity contribution is 7.99. The lowest BCUT2D eigenvalue weighted by Crippen LogP contribution is -2.57. The monoisotopic (exact) mass is 745 g/mol. The Balaban J connectivity index is 1.42. The van der Waals surface area contributed by atoms with Crippen LogP contribution in [0.5, 0.6) is 0 Å². The summed E-state index contributed by atoms with van der Waals surface area (Å²) in [5, 5.41) is 10.8. The Morgan fingerprint density at radius 3 is 2.26 bits per heavy atom. The highest BCUT2D eigenvalue weighted by atomic mass is 32.2. The van der Waals surface area contributed by atoms with Crippen LogP contribution in [-0.4, -0.2) is 65.9 Å². The molecule has 0 fully saturated rings. The van der Waals surface area contributed by atoms with Crippen molar-refractivity contribution in [3.63, 3.8) is 0 Å². The molecule has 5 aromatic rings. The van der Waals surface area contributed by atoms with Gasteiger partial charge in [0, 0.05) is 53.4 Å². The molecule has 0 radical (unpaired) electrons. The average Bonchev–Trinajstić information content (AvgIpc) is 3.61. The van der Waals surface area contributed by atoms with Crippen molar-refractivity contribution in [2.75, 3.05) is 20.1 Å². The number of fused-ring (bicyclic) bond motifs is 3. The van der Waals surface area contributed by atoms with Crippen molar-refractivity contribution >= 4 is 40.4 Å². The zero-order valence-electron chi connectivity index (χ0n) is 30.9. The van der Waals surface area contributed by atoms with Crippen LogP contribution in [0, 0.1) is 0 Å². The molecule has 0 bridgehead atoms. The standard InChI is InChI=1S/C43H51N7O3S/c1-50-38(25-32-27-46-35-16-7-6-15-34(32)35)42(52)48-28-33-24-30(29-12-3-2-4-13-29)20-21-40(33)54-39-19-8-5-14-31(39)26-47-36(18-11-23-45)41(51)49-37(43(50)53)17-9-10-22-44/h2-8,12-16,19-21,24,27,36-38,46-47H,9-11,17-18,22-23,25-26,28,44-45H2,1H3,(H,48,52)(H,49,51)/t36-,37-,38-/m0/s1. The van der Waals surface area contributed by atoms with Crippen LogP contribution in [0.2, 0.25) is 0 Å². The minimum absolute atomic E-state index is 0.256. The van der Waals surface area contributed by atoms with Crippen molar-refractivity contribution in [1.29, 1.82) is 0 Å². The van der Waals surface area contributed by atoms with Crippen LogP contribution in [-0.2, 0) is 33.9 Å². The van der Waals surface area contributed by atoms with Crippen molar-refractivity contribution in [2.24, 2.45) is 11.5 Å². The second-order valence-electron chi connectivity index (χ2n) is 13.9. The molecule has 282 valence electrons. The highest BCUT2D eigenvalue weighted by Crippen LogP contribution is 2.35. The number of benzene rings is 4. The number of amides is 3. The minimum atomic E-state index is -0.860. The lowest BCUT2D eigenvalue weighted by Gasteiger charge is -2.32. The van der Waals surface area contributed by atoms with E-state index >= 15 is 0 Å². The van der Waals surface area contributed by atoms with E-state index in [1.165, 1.54) is 4.90 Å². The second-order valence-corrected chi connectivity index (χ2v) is 14.9. The maximum absolute atomic E-state index is 14.5. The zero-order chi connectivity index (χ0) is 37.9. The van der Waals surface area contributed by atoms with Gasteiger partial charge in [0.15, 0.2) is 0 Å². The number of nitrogens with one attached hydrogen (secondary N) is 4. The van der Waals surface area contributed by atoms with Gasteiger partial charge in [-0.25, -0.2) is 0 Å². The number of likely N-dealkylation sites (N-methyl/N-ethyl adjacent to an activating group) is 1. The number of nitrogens with two attached hydrogens (primary N) is 2. The number of unbranched alkanes of at least 4 members (excludes halogenated alkanes) is 1. The van der Waals surface area contributed by atoms with Gasteiger partial charge < -0.3 is 37.3 Å². The van der Waals surface area contributed by atoms with Crippen molar-refractivity contribution in [2.45, 2.75) is 79.5 Å². The molecule has 1 aliphatic rings. The maximum atomic E-state index is 14.5. The van der Waals surface area contributed by atoms with Gasteiger partial charge in [-0.3, -0.25) is 14.4 Å². The zero-order valence-corrected chi connectivity index (χ0v) is 31.7. The number of para-hydroxylation sites is 1. The summed E-state index contributed by atoms with van der Waals surface area (Å²) in [6.07, 6.45) is 5.07. The lowest BCUT2D eigenvalue weighted by atomic mass is 10.0. The molecular weight excluding hydrogens is 695 g/mol. The van der Waals surface area contributed by atoms with E-state index in [1.807, 2.05) is 60.8 Å². The SMILES string of the molecule is CN1C(=O)[C@H](CCCCN)NC(=O)[C@H](CCCN)NCc2ccccc2Sc2ccc(-c3ccccc3)cc2CNC(=O)[C@@H]1Cc1c[nH]c2ccccc12. The van der Waals surface area contributed by atoms with Crippen molar-refractivity contribution in [3.05, 3.63) is 120 Å². The van der Waals surface area contributed by atoms with Crippen LogP contribution in [0.4, 0.5) is 0 Å². The normalized spacial score (nSPS) is 18.8. The number of H-pyrrole nitrogens is 1. The van der Waals surface area contributed by atoms with Crippen molar-refractivity contribution < 1.29 is 14.4 Å². The smallest absolute Gasteiger partial charge is 0.245 e. The molecule has 4 aromatic carbocycles. The summed E-state index contributed by atoms with van der Waals surface area (Å²) in [6, 6.07) is 30.3. The Morgan fingerprint density at radius 2 is 1.44 bits per heavy atom. The second kappa shape index (κ2) is 18.9. The Hall–Kier alpha value is -4.94. The van der Waals surface area contributed by atoms with Crippen LogP contribution in [0.1, 0.15) is 48.8 Å². The van der Waals surface area contributed by atoms with Crippen LogP contribution in [0.25, 0.3) is 22.0 Å². The van der Waals surface area contributed by atoms with Gasteiger partial charge in [-0.05, 0) is 97.3 Å². The quantitative estimate of drug-likeness (QED) is 0.103. The molecule has 10 nitrogen and oxygen atoms in total. The molecule has 0 saturated carbocycles. The molecule has 0 aliphatic carbocycles. The van der Waals surface area contributed by atoms with Gasteiger partial charge in [-0.15, -0.1) is 0 Å². The third kappa shape index (κ3) is 9.58. The van der Waals surface area contributed by atoms with Gasteiger partial charge in [-0.1, -0.05) is 84.6 Å². The number of hydrogen-bond donors (Lipinski definition) is 6. The summed E-state index contributed by atoms with van der Waals surface area (Å²) >= 11 is 1.63. The molecule has 8 N–H and O–H groups in total. The molecule has 1 aromatic heterocycles. The van der Waals surface area contributed by atoms with Crippen molar-refractivity contribution in [1.82, 2.24) is 25.8 Å². The number of carbonyl (C=O) groups excluding carboxylic acids is 3. The predicted octanol–water partition coefficient (Wildman–Crippen LogP) is 5.50. The molecule has 54 heavy (non-hydrogen) atoms. The molecule has 6 rings (SSSR count). The van der Waals surface area contributed by atoms with Gasteiger partial charge in [0.2, 0.25) is 17.7 Å². The van der Waals surface area contributed by atoms with E-state index in [1.54, 1.807) is 18.8 Å². The van der Waals surface area contributed by atoms with E-state index in [2.05, 4.69) is 63.4 Å². The van der Waals surface area contributed by atoms with Crippen LogP contribution < -0.4 is 27.4 Å². The molecule has 0 unspecified atom stereocenters. The molecule has 2 heterocycles. The van der Waals surface area contributed by atoms with E-state index in [9.17, 15) is 14.4 Å². The van der Waals surface area contributed by atoms with E-state index < -0.39 is 18.1 Å². The van der Waals surface area contributed by atoms with E-state index in [4.69, 9.17) is 11.5 Å². The third-order valence-corrected chi connectivity index (χ3v) is 11.4. The van der Waals surface area contributed by atoms with Gasteiger partial charge in [0.25, 0.3) is 0 Å². The number of aromatic amines is 1. The van der Waals surface area contributed by atoms with Crippen molar-refractivity contribution in [3.8, 4) is 11.1 Å². The highest BCUT2D eigenvalue weighted by Gasteiger charge is 2.34. The Labute approximate surface area is 321 Å². The molecule has 1 aliphatic heterocycles. The largest absolute Gasteiger partial charge is 0.361 e. The number of rotatable bonds is 10. The molecular formula is C43H51N7O3S. The fourth-order valence-corrected chi connectivity index (χ4v) is 8.07. The van der Waals surface area contributed by atoms with Crippen LogP contribution in [0.15, 0.2) is 113 Å². The van der Waals surface area contributed by atoms with Gasteiger partial charge in [0.05, 0.1) is 6.04 Å². The van der Waals surface area contributed by atoms with Gasteiger partial charge in [-0.2, -0.15) is 0 Å². The fraction of sp³-hybridized carbons (Fsp3) is 0.326. The number of nitrogens with zero attached hydrogens (tertiary/aromatic N) is 1. The number of aromatic nitrogens is 1. The third-order valence-electron chi connectivity index (χ3n) is 10.1. The van der Waals surface area contributed by atoms with E-state index in [-0.39, 0.29) is 30.7 Å². The first-order valence-corrected chi connectivity index (χ1v) is 19.6. The summed E-state index contributed by atoms with van der Waals surface area (Å²) in [5.41, 5.74) is 17.7. The predicted molar refractivity (Wildman–Crippen MR) is 217 cm³/mol. The Kier molecular flexibility index (Phi) is 13.6. The number of hydrogen-bond acceptors (Lipinski definition) is 7. The number of carbonyl (C=O) groups is 3. The summed E-state index contributed by atoms with van der Waals surface area (Å²) in [6.45, 7) is 1.61. The first-order valence-electron chi connectivity index (χ1n) is 18.8. The van der Waals surface area contributed by atoms with Crippen LogP contribution in [0.3, 0.4) is 0 Å². The van der Waals surface area contributed by atoms with E-state index in [0.717, 1.165) is 48.5 Å². The van der Waals surface area contributed by atoms with E-state index in [0.29, 0.717) is 51.7 Å². The molecule has 11 heteroatoms. The maximum Gasteiger partial charge on any atom is 0.245 e. The first kappa shape index (κ1) is 38.8. The summed E-state index contributed by atoms with van der Waals surface area (Å²) < 4.78 is 0. The Bertz CT molecular complexity index is 2030. The molecule has 0 spiro atoms. The lowest BCUT2D eigenvalue weighted by molar-refractivity contribution is -0.142. The first-order chi connectivity index (χ1) is 26.4. The van der Waals surface area contributed by atoms with Crippen LogP contribution >= 0.6 is 11.8 Å². The fourth-order valence-electron chi connectivity index (χ4n) is 7.01. The van der Waals surface area contributed by atoms with Gasteiger partial charge in [0.1, 0.15) is 12.1 Å². The average molecular weight is 746 g/mol.